The lowest BCUT2D eigenvalue weighted by molar-refractivity contribution is 0.179. The fraction of sp³-hybridized carbons (Fsp3) is 0.333. The SMILES string of the molecule is C1=CP=NOC1. The van der Waals surface area contributed by atoms with Crippen molar-refractivity contribution in [3.05, 3.63) is 11.9 Å². The summed E-state index contributed by atoms with van der Waals surface area (Å²) in [5, 5.41) is 0. The summed E-state index contributed by atoms with van der Waals surface area (Å²) in [6, 6.07) is 0. The second kappa shape index (κ2) is 2.06. The van der Waals surface area contributed by atoms with Crippen LogP contribution in [0.5, 0.6) is 0 Å². The molecule has 0 saturated heterocycles. The van der Waals surface area contributed by atoms with Gasteiger partial charge < -0.3 is 0 Å². The van der Waals surface area contributed by atoms with Crippen molar-refractivity contribution >= 4 is 8.37 Å². The van der Waals surface area contributed by atoms with Crippen molar-refractivity contribution in [2.24, 2.45) is 4.91 Å². The van der Waals surface area contributed by atoms with Gasteiger partial charge in [0.1, 0.15) is 0 Å². The second-order valence-electron chi connectivity index (χ2n) is 0.878. The molecule has 0 amide bonds. The largest absolute Gasteiger partial charge is 0.244 e. The van der Waals surface area contributed by atoms with Crippen LogP contribution < -0.4 is 0 Å². The van der Waals surface area contributed by atoms with Crippen LogP contribution in [-0.4, -0.2) is 6.61 Å². The summed E-state index contributed by atoms with van der Waals surface area (Å²) in [6.07, 6.45) is 1.94. The maximum atomic E-state index is 4.60. The molecular weight excluding hydrogens is 97.0 g/mol. The summed E-state index contributed by atoms with van der Waals surface area (Å²) >= 11 is 0. The van der Waals surface area contributed by atoms with Crippen LogP contribution in [-0.2, 0) is 4.84 Å². The molecule has 0 aromatic carbocycles. The van der Waals surface area contributed by atoms with Crippen LogP contribution in [0, 0.1) is 0 Å². The van der Waals surface area contributed by atoms with E-state index in [4.69, 9.17) is 0 Å². The number of hydrogen-bond donors (Lipinski definition) is 0. The van der Waals surface area contributed by atoms with E-state index < -0.39 is 0 Å². The van der Waals surface area contributed by atoms with Crippen molar-refractivity contribution in [3.8, 4) is 0 Å². The van der Waals surface area contributed by atoms with Crippen LogP contribution in [0.25, 0.3) is 0 Å². The Hall–Kier alpha value is -0.200. The van der Waals surface area contributed by atoms with Gasteiger partial charge in [-0.15, -0.1) is 4.91 Å². The molecule has 0 spiro atoms. The van der Waals surface area contributed by atoms with Crippen LogP contribution in [0.3, 0.4) is 0 Å². The average Bonchev–Trinajstić information content (AvgIpc) is 1.72. The van der Waals surface area contributed by atoms with Gasteiger partial charge in [0.15, 0.2) is 0 Å². The molecule has 1 aliphatic heterocycles. The zero-order valence-corrected chi connectivity index (χ0v) is 4.06. The molecule has 1 aliphatic rings. The number of hydrogen-bond acceptors (Lipinski definition) is 2. The third-order valence-electron chi connectivity index (χ3n) is 0.448. The minimum Gasteiger partial charge on any atom is -0.244 e. The number of nitrogens with zero attached hydrogens (tertiary/aromatic N) is 1. The average molecular weight is 101 g/mol. The molecule has 6 heavy (non-hydrogen) atoms. The van der Waals surface area contributed by atoms with Gasteiger partial charge in [0, 0.05) is 0 Å². The van der Waals surface area contributed by atoms with E-state index in [1.807, 2.05) is 11.9 Å². The van der Waals surface area contributed by atoms with Crippen molar-refractivity contribution < 1.29 is 4.84 Å². The van der Waals surface area contributed by atoms with Gasteiger partial charge in [-0.3, -0.25) is 0 Å². The van der Waals surface area contributed by atoms with E-state index >= 15 is 0 Å². The molecule has 32 valence electrons. The molecule has 0 unspecified atom stereocenters. The summed E-state index contributed by atoms with van der Waals surface area (Å²) in [5.41, 5.74) is 0. The molecule has 2 nitrogen and oxygen atoms in total. The van der Waals surface area contributed by atoms with Crippen molar-refractivity contribution in [1.29, 1.82) is 0 Å². The summed E-state index contributed by atoms with van der Waals surface area (Å²) < 4.78 is 0. The summed E-state index contributed by atoms with van der Waals surface area (Å²) in [6.45, 7) is 0.646. The molecule has 0 bridgehead atoms. The molecule has 0 radical (unpaired) electrons. The molecule has 0 atom stereocenters. The molecule has 1 rings (SSSR count). The molecule has 0 fully saturated rings. The molecule has 0 saturated carbocycles. The first-order chi connectivity index (χ1) is 3.00. The third kappa shape index (κ3) is 0.886. The van der Waals surface area contributed by atoms with Crippen LogP contribution in [0.4, 0.5) is 0 Å². The van der Waals surface area contributed by atoms with Crippen LogP contribution in [0.15, 0.2) is 16.8 Å². The molecule has 1 heterocycles. The van der Waals surface area contributed by atoms with E-state index in [0.717, 1.165) is 8.37 Å². The predicted octanol–water partition coefficient (Wildman–Crippen LogP) is 1.58. The van der Waals surface area contributed by atoms with E-state index in [-0.39, 0.29) is 0 Å². The van der Waals surface area contributed by atoms with Gasteiger partial charge in [-0.05, 0) is 5.82 Å². The van der Waals surface area contributed by atoms with Gasteiger partial charge >= 0.3 is 0 Å². The monoisotopic (exact) mass is 101 g/mol. The highest BCUT2D eigenvalue weighted by atomic mass is 31.1. The predicted molar refractivity (Wildman–Crippen MR) is 24.4 cm³/mol. The summed E-state index contributed by atoms with van der Waals surface area (Å²) in [5.74, 6) is 1.95. The molecule has 0 aliphatic carbocycles. The van der Waals surface area contributed by atoms with Gasteiger partial charge in [-0.25, -0.2) is 4.84 Å². The lowest BCUT2D eigenvalue weighted by atomic mass is 10.7. The first kappa shape index (κ1) is 3.97. The molecular formula is C3H4NOP. The van der Waals surface area contributed by atoms with Crippen LogP contribution in [0.1, 0.15) is 0 Å². The van der Waals surface area contributed by atoms with E-state index in [2.05, 4.69) is 9.75 Å². The Labute approximate surface area is 37.7 Å². The number of rotatable bonds is 0. The molecule has 3 heteroatoms. The molecule has 0 aromatic rings. The molecule has 0 N–H and O–H groups in total. The highest BCUT2D eigenvalue weighted by Crippen LogP contribution is 2.05. The highest BCUT2D eigenvalue weighted by molar-refractivity contribution is 7.30. The van der Waals surface area contributed by atoms with E-state index in [9.17, 15) is 0 Å². The Bertz CT molecular complexity index is 76.8. The minimum absolute atomic E-state index is 0.646. The zero-order chi connectivity index (χ0) is 4.24. The topological polar surface area (TPSA) is 21.6 Å². The van der Waals surface area contributed by atoms with Crippen molar-refractivity contribution in [3.63, 3.8) is 0 Å². The van der Waals surface area contributed by atoms with Crippen LogP contribution >= 0.6 is 8.37 Å². The lowest BCUT2D eigenvalue weighted by Gasteiger charge is -1.88. The van der Waals surface area contributed by atoms with Crippen molar-refractivity contribution in [2.45, 2.75) is 0 Å². The fourth-order valence-corrected chi connectivity index (χ4v) is 0.595. The van der Waals surface area contributed by atoms with Crippen molar-refractivity contribution in [2.75, 3.05) is 6.61 Å². The Balaban J connectivity index is 2.46. The van der Waals surface area contributed by atoms with Gasteiger partial charge in [0.05, 0.1) is 15.0 Å². The second-order valence-corrected chi connectivity index (χ2v) is 1.57. The Kier molecular flexibility index (Phi) is 1.36. The Morgan fingerprint density at radius 2 is 2.83 bits per heavy atom. The Morgan fingerprint density at radius 3 is 3.00 bits per heavy atom. The standard InChI is InChI=1S/C3H4NOP/c1-2-5-4-6-3-1/h1,3H,2H2. The van der Waals surface area contributed by atoms with E-state index in [0.29, 0.717) is 6.61 Å². The van der Waals surface area contributed by atoms with Crippen molar-refractivity contribution in [1.82, 2.24) is 0 Å². The van der Waals surface area contributed by atoms with Gasteiger partial charge in [0.2, 0.25) is 0 Å². The highest BCUT2D eigenvalue weighted by Gasteiger charge is 1.78. The summed E-state index contributed by atoms with van der Waals surface area (Å²) in [7, 11) is 0.921. The molecule has 0 aromatic heterocycles. The van der Waals surface area contributed by atoms with E-state index in [1.54, 1.807) is 0 Å². The van der Waals surface area contributed by atoms with Gasteiger partial charge in [0.25, 0.3) is 0 Å². The van der Waals surface area contributed by atoms with Crippen LogP contribution in [0.2, 0.25) is 0 Å². The maximum absolute atomic E-state index is 4.60. The third-order valence-corrected chi connectivity index (χ3v) is 1.00. The van der Waals surface area contributed by atoms with Gasteiger partial charge in [-0.1, -0.05) is 6.08 Å². The maximum Gasteiger partial charge on any atom is 0.0963 e. The Morgan fingerprint density at radius 1 is 1.83 bits per heavy atom. The fourth-order valence-electron chi connectivity index (χ4n) is 0.227. The zero-order valence-electron chi connectivity index (χ0n) is 3.16. The summed E-state index contributed by atoms with van der Waals surface area (Å²) in [4.78, 5) is 8.16. The lowest BCUT2D eigenvalue weighted by Crippen LogP contribution is -1.78. The first-order valence-corrected chi connectivity index (χ1v) is 2.59. The normalized spacial score (nSPS) is 21.3. The minimum atomic E-state index is 0.646. The smallest absolute Gasteiger partial charge is 0.0963 e. The first-order valence-electron chi connectivity index (χ1n) is 1.67. The van der Waals surface area contributed by atoms with Gasteiger partial charge in [-0.2, -0.15) is 0 Å². The van der Waals surface area contributed by atoms with E-state index in [1.165, 1.54) is 0 Å². The quantitative estimate of drug-likeness (QED) is 0.424.